The number of halogens is 1. The predicted octanol–water partition coefficient (Wildman–Crippen LogP) is 1.88. The molecule has 4 nitrogen and oxygen atoms in total. The molecule has 0 spiro atoms. The molecule has 1 aromatic heterocycles. The van der Waals surface area contributed by atoms with Crippen molar-refractivity contribution in [2.45, 2.75) is 38.3 Å². The number of nitrogens with one attached hydrogen (secondary N) is 1. The molecule has 0 radical (unpaired) electrons. The van der Waals surface area contributed by atoms with E-state index in [1.807, 2.05) is 0 Å². The van der Waals surface area contributed by atoms with Gasteiger partial charge in [0.2, 0.25) is 0 Å². The number of hydrogen-bond donors (Lipinski definition) is 2. The van der Waals surface area contributed by atoms with Gasteiger partial charge in [0.1, 0.15) is 0 Å². The Morgan fingerprint density at radius 2 is 2.26 bits per heavy atom. The largest absolute Gasteiger partial charge is 0.349 e. The molecule has 2 fully saturated rings. The minimum Gasteiger partial charge on any atom is -0.349 e. The van der Waals surface area contributed by atoms with Crippen LogP contribution in [0.5, 0.6) is 0 Å². The number of carbonyl (C=O) groups is 1. The van der Waals surface area contributed by atoms with Crippen LogP contribution in [0.1, 0.15) is 41.7 Å². The van der Waals surface area contributed by atoms with Gasteiger partial charge in [0.15, 0.2) is 0 Å². The predicted molar refractivity (Wildman–Crippen MR) is 76.1 cm³/mol. The summed E-state index contributed by atoms with van der Waals surface area (Å²) in [6.07, 6.45) is 6.74. The van der Waals surface area contributed by atoms with E-state index in [1.54, 1.807) is 18.3 Å². The van der Waals surface area contributed by atoms with Crippen LogP contribution < -0.4 is 11.1 Å². The van der Waals surface area contributed by atoms with Gasteiger partial charge in [0.25, 0.3) is 5.91 Å². The lowest BCUT2D eigenvalue weighted by Gasteiger charge is -2.22. The highest BCUT2D eigenvalue weighted by Gasteiger charge is 2.40. The van der Waals surface area contributed by atoms with E-state index < -0.39 is 0 Å². The van der Waals surface area contributed by atoms with Gasteiger partial charge in [-0.15, -0.1) is 12.4 Å². The first-order valence-corrected chi connectivity index (χ1v) is 6.72. The van der Waals surface area contributed by atoms with Crippen LogP contribution >= 0.6 is 12.4 Å². The van der Waals surface area contributed by atoms with E-state index in [0.717, 1.165) is 18.0 Å². The smallest absolute Gasteiger partial charge is 0.251 e. The highest BCUT2D eigenvalue weighted by molar-refractivity contribution is 5.94. The van der Waals surface area contributed by atoms with Crippen LogP contribution in [0.15, 0.2) is 18.3 Å². The quantitative estimate of drug-likeness (QED) is 0.889. The highest BCUT2D eigenvalue weighted by Crippen LogP contribution is 2.44. The van der Waals surface area contributed by atoms with Gasteiger partial charge in [-0.3, -0.25) is 9.78 Å². The van der Waals surface area contributed by atoms with Gasteiger partial charge in [-0.2, -0.15) is 0 Å². The zero-order valence-electron chi connectivity index (χ0n) is 10.8. The van der Waals surface area contributed by atoms with Gasteiger partial charge in [-0.25, -0.2) is 0 Å². The van der Waals surface area contributed by atoms with Crippen molar-refractivity contribution in [2.24, 2.45) is 17.6 Å². The Bertz CT molecular complexity index is 466. The van der Waals surface area contributed by atoms with E-state index >= 15 is 0 Å². The maximum atomic E-state index is 12.2. The van der Waals surface area contributed by atoms with Crippen molar-refractivity contribution in [3.63, 3.8) is 0 Å². The third-order valence-corrected chi connectivity index (χ3v) is 4.34. The molecule has 1 aromatic rings. The summed E-state index contributed by atoms with van der Waals surface area (Å²) >= 11 is 0. The Labute approximate surface area is 119 Å². The SMILES string of the molecule is Cl.NCc1cc(C(=O)NC2CC3CCC2C3)ccn1. The molecule has 1 amide bonds. The summed E-state index contributed by atoms with van der Waals surface area (Å²) in [4.78, 5) is 16.3. The number of fused-ring (bicyclic) bond motifs is 2. The molecule has 3 N–H and O–H groups in total. The second-order valence-corrected chi connectivity index (χ2v) is 5.49. The number of amides is 1. The van der Waals surface area contributed by atoms with E-state index in [-0.39, 0.29) is 18.3 Å². The van der Waals surface area contributed by atoms with Crippen LogP contribution in [0.4, 0.5) is 0 Å². The summed E-state index contributed by atoms with van der Waals surface area (Å²) in [5, 5.41) is 3.17. The second kappa shape index (κ2) is 5.88. The molecule has 19 heavy (non-hydrogen) atoms. The molecule has 0 saturated heterocycles. The fourth-order valence-electron chi connectivity index (χ4n) is 3.40. The Morgan fingerprint density at radius 3 is 2.89 bits per heavy atom. The molecule has 5 heteroatoms. The summed E-state index contributed by atoms with van der Waals surface area (Å²) in [7, 11) is 0. The normalized spacial score (nSPS) is 27.9. The number of pyridine rings is 1. The van der Waals surface area contributed by atoms with E-state index in [0.29, 0.717) is 24.1 Å². The third-order valence-electron chi connectivity index (χ3n) is 4.34. The number of nitrogens with zero attached hydrogens (tertiary/aromatic N) is 1. The first-order chi connectivity index (χ1) is 8.76. The highest BCUT2D eigenvalue weighted by atomic mass is 35.5. The molecule has 3 unspecified atom stereocenters. The minimum atomic E-state index is 0. The monoisotopic (exact) mass is 281 g/mol. The average molecular weight is 282 g/mol. The van der Waals surface area contributed by atoms with Gasteiger partial charge < -0.3 is 11.1 Å². The Morgan fingerprint density at radius 1 is 1.42 bits per heavy atom. The summed E-state index contributed by atoms with van der Waals surface area (Å²) in [6, 6.07) is 3.91. The van der Waals surface area contributed by atoms with E-state index in [1.165, 1.54) is 19.3 Å². The van der Waals surface area contributed by atoms with Crippen molar-refractivity contribution in [3.8, 4) is 0 Å². The van der Waals surface area contributed by atoms with Crippen LogP contribution in [0.25, 0.3) is 0 Å². The molecule has 2 saturated carbocycles. The topological polar surface area (TPSA) is 68.0 Å². The molecule has 1 heterocycles. The van der Waals surface area contributed by atoms with Crippen molar-refractivity contribution in [1.82, 2.24) is 10.3 Å². The maximum absolute atomic E-state index is 12.2. The van der Waals surface area contributed by atoms with E-state index in [9.17, 15) is 4.79 Å². The van der Waals surface area contributed by atoms with Gasteiger partial charge in [0.05, 0.1) is 5.69 Å². The zero-order chi connectivity index (χ0) is 12.5. The molecule has 104 valence electrons. The van der Waals surface area contributed by atoms with Gasteiger partial charge in [-0.1, -0.05) is 6.42 Å². The van der Waals surface area contributed by atoms with Crippen LogP contribution in [-0.4, -0.2) is 16.9 Å². The first-order valence-electron chi connectivity index (χ1n) is 6.72. The van der Waals surface area contributed by atoms with Crippen molar-refractivity contribution >= 4 is 18.3 Å². The Hall–Kier alpha value is -1.13. The van der Waals surface area contributed by atoms with Gasteiger partial charge >= 0.3 is 0 Å². The van der Waals surface area contributed by atoms with E-state index in [4.69, 9.17) is 5.73 Å². The second-order valence-electron chi connectivity index (χ2n) is 5.49. The molecule has 3 atom stereocenters. The van der Waals surface area contributed by atoms with Gasteiger partial charge in [0, 0.05) is 24.3 Å². The fraction of sp³-hybridized carbons (Fsp3) is 0.571. The van der Waals surface area contributed by atoms with Crippen molar-refractivity contribution in [3.05, 3.63) is 29.6 Å². The van der Waals surface area contributed by atoms with Crippen LogP contribution in [-0.2, 0) is 6.54 Å². The number of nitrogens with two attached hydrogens (primary N) is 1. The first kappa shape index (κ1) is 14.3. The van der Waals surface area contributed by atoms with Crippen molar-refractivity contribution < 1.29 is 4.79 Å². The molecule has 0 aliphatic heterocycles. The molecular weight excluding hydrogens is 262 g/mol. The molecule has 2 bridgehead atoms. The lowest BCUT2D eigenvalue weighted by atomic mass is 9.95. The molecular formula is C14H20ClN3O. The van der Waals surface area contributed by atoms with Crippen molar-refractivity contribution in [2.75, 3.05) is 0 Å². The van der Waals surface area contributed by atoms with Crippen molar-refractivity contribution in [1.29, 1.82) is 0 Å². The number of aromatic nitrogens is 1. The summed E-state index contributed by atoms with van der Waals surface area (Å²) < 4.78 is 0. The number of hydrogen-bond acceptors (Lipinski definition) is 3. The minimum absolute atomic E-state index is 0. The number of rotatable bonds is 3. The lowest BCUT2D eigenvalue weighted by molar-refractivity contribution is 0.0922. The van der Waals surface area contributed by atoms with E-state index in [2.05, 4.69) is 10.3 Å². The maximum Gasteiger partial charge on any atom is 0.251 e. The van der Waals surface area contributed by atoms with Crippen LogP contribution in [0.2, 0.25) is 0 Å². The Kier molecular flexibility index (Phi) is 4.42. The fourth-order valence-corrected chi connectivity index (χ4v) is 3.40. The Balaban J connectivity index is 0.00000133. The molecule has 3 rings (SSSR count). The third kappa shape index (κ3) is 2.90. The number of carbonyl (C=O) groups excluding carboxylic acids is 1. The lowest BCUT2D eigenvalue weighted by Crippen LogP contribution is -2.38. The van der Waals surface area contributed by atoms with Gasteiger partial charge in [-0.05, 0) is 43.2 Å². The summed E-state index contributed by atoms with van der Waals surface area (Å²) in [5.74, 6) is 1.57. The molecule has 2 aliphatic rings. The molecule has 2 aliphatic carbocycles. The van der Waals surface area contributed by atoms with Crippen LogP contribution in [0.3, 0.4) is 0 Å². The summed E-state index contributed by atoms with van der Waals surface area (Å²) in [5.41, 5.74) is 6.97. The van der Waals surface area contributed by atoms with Crippen LogP contribution in [0, 0.1) is 11.8 Å². The average Bonchev–Trinajstić information content (AvgIpc) is 3.01. The summed E-state index contributed by atoms with van der Waals surface area (Å²) in [6.45, 7) is 0.370. The standard InChI is InChI=1S/C14H19N3O.ClH/c15-8-12-7-11(3-4-16-12)14(18)17-13-6-9-1-2-10(13)5-9;/h3-4,7,9-10,13H,1-2,5-6,8,15H2,(H,17,18);1H. The molecule has 0 aromatic carbocycles. The zero-order valence-corrected chi connectivity index (χ0v) is 11.7.